The van der Waals surface area contributed by atoms with Crippen LogP contribution in [0, 0.1) is 0 Å². The zero-order chi connectivity index (χ0) is 15.9. The molecule has 1 amide bonds. The Bertz CT molecular complexity index is 684. The fourth-order valence-corrected chi connectivity index (χ4v) is 1.73. The largest absolute Gasteiger partial charge is 0.508 e. The summed E-state index contributed by atoms with van der Waals surface area (Å²) >= 11 is 0. The summed E-state index contributed by atoms with van der Waals surface area (Å²) in [7, 11) is 0. The second kappa shape index (κ2) is 7.12. The lowest BCUT2D eigenvalue weighted by molar-refractivity contribution is -0.123. The van der Waals surface area contributed by atoms with E-state index in [9.17, 15) is 15.0 Å². The third-order valence-electron chi connectivity index (χ3n) is 2.83. The molecule has 6 nitrogen and oxygen atoms in total. The van der Waals surface area contributed by atoms with Crippen molar-refractivity contribution in [2.45, 2.75) is 6.92 Å². The molecule has 114 valence electrons. The summed E-state index contributed by atoms with van der Waals surface area (Å²) in [5.74, 6) is 0.0152. The van der Waals surface area contributed by atoms with Gasteiger partial charge in [-0.1, -0.05) is 18.2 Å². The van der Waals surface area contributed by atoms with Crippen molar-refractivity contribution < 1.29 is 19.7 Å². The van der Waals surface area contributed by atoms with E-state index in [0.717, 1.165) is 0 Å². The third-order valence-corrected chi connectivity index (χ3v) is 2.83. The number of hydrogen-bond acceptors (Lipinski definition) is 5. The van der Waals surface area contributed by atoms with E-state index in [2.05, 4.69) is 10.5 Å². The number of carbonyl (C=O) groups is 1. The lowest BCUT2D eigenvalue weighted by Crippen LogP contribution is -2.25. The van der Waals surface area contributed by atoms with Crippen LogP contribution in [0.4, 0.5) is 0 Å². The van der Waals surface area contributed by atoms with Crippen LogP contribution in [0.25, 0.3) is 0 Å². The molecule has 0 aromatic heterocycles. The zero-order valence-electron chi connectivity index (χ0n) is 12.0. The number of ether oxygens (including phenoxy) is 1. The molecule has 0 bridgehead atoms. The van der Waals surface area contributed by atoms with Crippen molar-refractivity contribution in [1.82, 2.24) is 5.43 Å². The minimum Gasteiger partial charge on any atom is -0.508 e. The topological polar surface area (TPSA) is 91.2 Å². The van der Waals surface area contributed by atoms with Gasteiger partial charge in [0.2, 0.25) is 0 Å². The molecule has 0 heterocycles. The average Bonchev–Trinajstić information content (AvgIpc) is 2.51. The highest BCUT2D eigenvalue weighted by Gasteiger charge is 2.07. The van der Waals surface area contributed by atoms with Crippen LogP contribution in [0.1, 0.15) is 12.5 Å². The van der Waals surface area contributed by atoms with Crippen LogP contribution in [0.5, 0.6) is 17.2 Å². The number of nitrogens with one attached hydrogen (secondary N) is 1. The summed E-state index contributed by atoms with van der Waals surface area (Å²) in [5.41, 5.74) is 3.17. The van der Waals surface area contributed by atoms with Gasteiger partial charge in [-0.05, 0) is 31.2 Å². The third kappa shape index (κ3) is 4.24. The highest BCUT2D eigenvalue weighted by atomic mass is 16.5. The Labute approximate surface area is 127 Å². The average molecular weight is 300 g/mol. The van der Waals surface area contributed by atoms with Crippen molar-refractivity contribution in [2.24, 2.45) is 5.10 Å². The Morgan fingerprint density at radius 3 is 2.59 bits per heavy atom. The molecule has 0 fully saturated rings. The fourth-order valence-electron chi connectivity index (χ4n) is 1.73. The van der Waals surface area contributed by atoms with E-state index in [-0.39, 0.29) is 18.1 Å². The van der Waals surface area contributed by atoms with Crippen molar-refractivity contribution in [2.75, 3.05) is 6.61 Å². The van der Waals surface area contributed by atoms with Crippen LogP contribution in [0.3, 0.4) is 0 Å². The van der Waals surface area contributed by atoms with E-state index in [0.29, 0.717) is 17.0 Å². The molecule has 22 heavy (non-hydrogen) atoms. The normalized spacial score (nSPS) is 11.0. The molecule has 0 aliphatic carbocycles. The van der Waals surface area contributed by atoms with Crippen LogP contribution in [0.2, 0.25) is 0 Å². The van der Waals surface area contributed by atoms with Crippen molar-refractivity contribution >= 4 is 11.6 Å². The molecule has 0 saturated carbocycles. The molecule has 0 aliphatic rings. The lowest BCUT2D eigenvalue weighted by atomic mass is 10.1. The van der Waals surface area contributed by atoms with Gasteiger partial charge in [0, 0.05) is 11.6 Å². The molecule has 0 aliphatic heterocycles. The molecule has 0 atom stereocenters. The van der Waals surface area contributed by atoms with E-state index >= 15 is 0 Å². The predicted octanol–water partition coefficient (Wildman–Crippen LogP) is 2.02. The second-order valence-electron chi connectivity index (χ2n) is 4.54. The summed E-state index contributed by atoms with van der Waals surface area (Å²) in [6.07, 6.45) is 0. The quantitative estimate of drug-likeness (QED) is 0.582. The Morgan fingerprint density at radius 1 is 1.18 bits per heavy atom. The van der Waals surface area contributed by atoms with Crippen LogP contribution < -0.4 is 10.2 Å². The lowest BCUT2D eigenvalue weighted by Gasteiger charge is -2.06. The molecule has 3 N–H and O–H groups in total. The monoisotopic (exact) mass is 300 g/mol. The Morgan fingerprint density at radius 2 is 1.91 bits per heavy atom. The number of para-hydroxylation sites is 1. The van der Waals surface area contributed by atoms with Crippen LogP contribution >= 0.6 is 0 Å². The number of hydrogen-bond donors (Lipinski definition) is 3. The summed E-state index contributed by atoms with van der Waals surface area (Å²) < 4.78 is 5.28. The first kappa shape index (κ1) is 15.4. The van der Waals surface area contributed by atoms with E-state index in [1.54, 1.807) is 19.1 Å². The Hall–Kier alpha value is -3.02. The number of nitrogens with zero attached hydrogens (tertiary/aromatic N) is 1. The predicted molar refractivity (Wildman–Crippen MR) is 82.1 cm³/mol. The Kier molecular flexibility index (Phi) is 4.98. The van der Waals surface area contributed by atoms with Gasteiger partial charge in [-0.15, -0.1) is 0 Å². The Balaban J connectivity index is 1.91. The maximum Gasteiger partial charge on any atom is 0.277 e. The van der Waals surface area contributed by atoms with E-state index in [1.165, 1.54) is 18.2 Å². The maximum absolute atomic E-state index is 11.6. The van der Waals surface area contributed by atoms with Crippen LogP contribution in [-0.4, -0.2) is 28.4 Å². The van der Waals surface area contributed by atoms with Gasteiger partial charge >= 0.3 is 0 Å². The summed E-state index contributed by atoms with van der Waals surface area (Å²) in [5, 5.41) is 22.8. The van der Waals surface area contributed by atoms with Crippen LogP contribution in [-0.2, 0) is 4.79 Å². The van der Waals surface area contributed by atoms with Gasteiger partial charge in [0.25, 0.3) is 5.91 Å². The summed E-state index contributed by atoms with van der Waals surface area (Å²) in [6, 6.07) is 13.1. The van der Waals surface area contributed by atoms with Gasteiger partial charge in [-0.25, -0.2) is 5.43 Å². The standard InChI is InChI=1S/C16H16N2O4/c1-11(14-8-7-12(19)9-15(14)20)17-18-16(21)10-22-13-5-3-2-4-6-13/h2-9,19-20H,10H2,1H3,(H,18,21). The van der Waals surface area contributed by atoms with E-state index in [4.69, 9.17) is 4.74 Å². The van der Waals surface area contributed by atoms with Gasteiger partial charge in [0.1, 0.15) is 17.2 Å². The van der Waals surface area contributed by atoms with Crippen LogP contribution in [0.15, 0.2) is 53.6 Å². The molecule has 6 heteroatoms. The van der Waals surface area contributed by atoms with E-state index < -0.39 is 5.91 Å². The second-order valence-corrected chi connectivity index (χ2v) is 4.54. The van der Waals surface area contributed by atoms with Crippen molar-refractivity contribution in [3.8, 4) is 17.2 Å². The van der Waals surface area contributed by atoms with Gasteiger partial charge in [0.05, 0.1) is 5.71 Å². The number of aromatic hydroxyl groups is 2. The number of amides is 1. The van der Waals surface area contributed by atoms with Gasteiger partial charge in [0.15, 0.2) is 6.61 Å². The minimum absolute atomic E-state index is 0.0469. The highest BCUT2D eigenvalue weighted by molar-refractivity contribution is 6.01. The smallest absolute Gasteiger partial charge is 0.277 e. The number of phenols is 2. The zero-order valence-corrected chi connectivity index (χ0v) is 12.0. The fraction of sp³-hybridized carbons (Fsp3) is 0.125. The molecular formula is C16H16N2O4. The van der Waals surface area contributed by atoms with Gasteiger partial charge < -0.3 is 14.9 Å². The SMILES string of the molecule is CC(=NNC(=O)COc1ccccc1)c1ccc(O)cc1O. The molecule has 0 radical (unpaired) electrons. The summed E-state index contributed by atoms with van der Waals surface area (Å²) in [4.78, 5) is 11.6. The number of rotatable bonds is 5. The molecule has 2 aromatic rings. The molecule has 2 rings (SSSR count). The number of phenolic OH excluding ortho intramolecular Hbond substituents is 2. The maximum atomic E-state index is 11.6. The summed E-state index contributed by atoms with van der Waals surface area (Å²) in [6.45, 7) is 1.47. The number of carbonyl (C=O) groups excluding carboxylic acids is 1. The van der Waals surface area contributed by atoms with E-state index in [1.807, 2.05) is 18.2 Å². The first-order valence-corrected chi connectivity index (χ1v) is 6.59. The molecule has 0 spiro atoms. The highest BCUT2D eigenvalue weighted by Crippen LogP contribution is 2.22. The van der Waals surface area contributed by atoms with Crippen molar-refractivity contribution in [3.63, 3.8) is 0 Å². The number of benzene rings is 2. The molecular weight excluding hydrogens is 284 g/mol. The molecule has 0 unspecified atom stereocenters. The minimum atomic E-state index is -0.415. The van der Waals surface area contributed by atoms with Gasteiger partial charge in [-0.2, -0.15) is 5.10 Å². The van der Waals surface area contributed by atoms with Gasteiger partial charge in [-0.3, -0.25) is 4.79 Å². The van der Waals surface area contributed by atoms with Crippen molar-refractivity contribution in [1.29, 1.82) is 0 Å². The number of hydrazone groups is 1. The van der Waals surface area contributed by atoms with Crippen molar-refractivity contribution in [3.05, 3.63) is 54.1 Å². The molecule has 0 saturated heterocycles. The first-order chi connectivity index (χ1) is 10.6. The molecule has 2 aromatic carbocycles. The first-order valence-electron chi connectivity index (χ1n) is 6.59.